The zero-order chi connectivity index (χ0) is 19.7. The minimum atomic E-state index is -0.534. The van der Waals surface area contributed by atoms with Gasteiger partial charge in [-0.25, -0.2) is 4.79 Å². The fraction of sp³-hybridized carbons (Fsp3) is 0.550. The quantitative estimate of drug-likeness (QED) is 0.723. The molecule has 150 valence electrons. The number of rotatable bonds is 3. The third-order valence-corrected chi connectivity index (χ3v) is 5.72. The van der Waals surface area contributed by atoms with E-state index < -0.39 is 17.7 Å². The Kier molecular flexibility index (Phi) is 5.07. The van der Waals surface area contributed by atoms with Gasteiger partial charge in [-0.15, -0.1) is 0 Å². The van der Waals surface area contributed by atoms with Crippen LogP contribution in [0.3, 0.4) is 0 Å². The highest BCUT2D eigenvalue weighted by atomic mass is 16.7. The van der Waals surface area contributed by atoms with Crippen molar-refractivity contribution in [1.82, 2.24) is 4.90 Å². The third kappa shape index (κ3) is 3.38. The van der Waals surface area contributed by atoms with Gasteiger partial charge in [0, 0.05) is 38.9 Å². The molecule has 1 aromatic carbocycles. The van der Waals surface area contributed by atoms with Crippen LogP contribution in [0.15, 0.2) is 24.3 Å². The van der Waals surface area contributed by atoms with E-state index in [9.17, 15) is 14.4 Å². The van der Waals surface area contributed by atoms with Crippen LogP contribution in [0.2, 0.25) is 0 Å². The van der Waals surface area contributed by atoms with E-state index in [1.165, 1.54) is 12.0 Å². The van der Waals surface area contributed by atoms with E-state index in [-0.39, 0.29) is 24.8 Å². The first kappa shape index (κ1) is 18.9. The molecule has 0 bridgehead atoms. The highest BCUT2D eigenvalue weighted by Gasteiger charge is 2.44. The van der Waals surface area contributed by atoms with Gasteiger partial charge in [0.2, 0.25) is 11.8 Å². The number of amides is 2. The average molecular weight is 388 g/mol. The van der Waals surface area contributed by atoms with E-state index in [1.54, 1.807) is 29.2 Å². The SMILES string of the molecule is COC(=O)c1ccccc1N1CC(C(=O)N2CCC3(CC2)OCCO3)CC1=O. The number of anilines is 1. The van der Waals surface area contributed by atoms with Crippen LogP contribution < -0.4 is 4.90 Å². The molecule has 3 saturated heterocycles. The summed E-state index contributed by atoms with van der Waals surface area (Å²) in [4.78, 5) is 40.9. The molecule has 1 aromatic rings. The van der Waals surface area contributed by atoms with Gasteiger partial charge >= 0.3 is 5.97 Å². The second-order valence-corrected chi connectivity index (χ2v) is 7.35. The normalized spacial score (nSPS) is 24.0. The molecular formula is C20H24N2O6. The highest BCUT2D eigenvalue weighted by molar-refractivity contribution is 6.05. The van der Waals surface area contributed by atoms with Crippen LogP contribution >= 0.6 is 0 Å². The lowest BCUT2D eigenvalue weighted by atomic mass is 10.0. The molecule has 1 atom stereocenters. The molecule has 3 fully saturated rings. The lowest BCUT2D eigenvalue weighted by Crippen LogP contribution is -2.49. The van der Waals surface area contributed by atoms with Gasteiger partial charge in [0.1, 0.15) is 0 Å². The fourth-order valence-corrected chi connectivity index (χ4v) is 4.21. The number of methoxy groups -OCH3 is 1. The summed E-state index contributed by atoms with van der Waals surface area (Å²) in [6.45, 7) is 2.57. The van der Waals surface area contributed by atoms with E-state index in [2.05, 4.69) is 0 Å². The zero-order valence-corrected chi connectivity index (χ0v) is 15.9. The standard InChI is InChI=1S/C20H24N2O6/c1-26-19(25)15-4-2-3-5-16(15)22-13-14(12-17(22)23)18(24)21-8-6-20(7-9-21)27-10-11-28-20/h2-5,14H,6-13H2,1H3. The second kappa shape index (κ2) is 7.52. The van der Waals surface area contributed by atoms with Gasteiger partial charge in [0.25, 0.3) is 0 Å². The van der Waals surface area contributed by atoms with Crippen LogP contribution in [0.1, 0.15) is 29.6 Å². The number of carbonyl (C=O) groups is 3. The summed E-state index contributed by atoms with van der Waals surface area (Å²) in [6.07, 6.45) is 1.44. The molecule has 3 aliphatic rings. The van der Waals surface area contributed by atoms with E-state index in [0.29, 0.717) is 50.4 Å². The summed E-state index contributed by atoms with van der Waals surface area (Å²) in [6, 6.07) is 6.80. The predicted molar refractivity (Wildman–Crippen MR) is 98.7 cm³/mol. The van der Waals surface area contributed by atoms with Crippen molar-refractivity contribution in [2.24, 2.45) is 5.92 Å². The molecular weight excluding hydrogens is 364 g/mol. The molecule has 1 unspecified atom stereocenters. The number of ether oxygens (including phenoxy) is 3. The van der Waals surface area contributed by atoms with Gasteiger partial charge in [-0.1, -0.05) is 12.1 Å². The number of para-hydroxylation sites is 1. The lowest BCUT2D eigenvalue weighted by Gasteiger charge is -2.38. The Labute approximate surface area is 163 Å². The first-order chi connectivity index (χ1) is 13.5. The van der Waals surface area contributed by atoms with E-state index >= 15 is 0 Å². The van der Waals surface area contributed by atoms with Gasteiger partial charge in [-0.2, -0.15) is 0 Å². The Balaban J connectivity index is 1.44. The van der Waals surface area contributed by atoms with Gasteiger partial charge in [-0.05, 0) is 12.1 Å². The predicted octanol–water partition coefficient (Wildman–Crippen LogP) is 1.19. The molecule has 28 heavy (non-hydrogen) atoms. The monoisotopic (exact) mass is 388 g/mol. The number of esters is 1. The molecule has 0 N–H and O–H groups in total. The molecule has 8 nitrogen and oxygen atoms in total. The average Bonchev–Trinajstić information content (AvgIpc) is 3.34. The summed E-state index contributed by atoms with van der Waals surface area (Å²) in [7, 11) is 1.30. The van der Waals surface area contributed by atoms with Crippen molar-refractivity contribution in [3.05, 3.63) is 29.8 Å². The molecule has 3 heterocycles. The van der Waals surface area contributed by atoms with Crippen LogP contribution in [-0.4, -0.2) is 68.4 Å². The summed E-state index contributed by atoms with van der Waals surface area (Å²) in [5.41, 5.74) is 0.807. The molecule has 0 aliphatic carbocycles. The minimum absolute atomic E-state index is 0.0285. The number of piperidine rings is 1. The first-order valence-corrected chi connectivity index (χ1v) is 9.57. The number of carbonyl (C=O) groups excluding carboxylic acids is 3. The van der Waals surface area contributed by atoms with Gasteiger partial charge in [0.15, 0.2) is 5.79 Å². The molecule has 0 aromatic heterocycles. The number of hydrogen-bond donors (Lipinski definition) is 0. The third-order valence-electron chi connectivity index (χ3n) is 5.72. The molecule has 8 heteroatoms. The Hall–Kier alpha value is -2.45. The molecule has 0 saturated carbocycles. The van der Waals surface area contributed by atoms with Crippen LogP contribution in [0, 0.1) is 5.92 Å². The van der Waals surface area contributed by atoms with Crippen LogP contribution in [0.4, 0.5) is 5.69 Å². The lowest BCUT2D eigenvalue weighted by molar-refractivity contribution is -0.188. The van der Waals surface area contributed by atoms with Crippen LogP contribution in [0.5, 0.6) is 0 Å². The van der Waals surface area contributed by atoms with Crippen molar-refractivity contribution in [3.8, 4) is 0 Å². The maximum Gasteiger partial charge on any atom is 0.339 e. The molecule has 1 spiro atoms. The van der Waals surface area contributed by atoms with Crippen LogP contribution in [-0.2, 0) is 23.8 Å². The van der Waals surface area contributed by atoms with Crippen molar-refractivity contribution in [1.29, 1.82) is 0 Å². The van der Waals surface area contributed by atoms with Crippen molar-refractivity contribution >= 4 is 23.5 Å². The fourth-order valence-electron chi connectivity index (χ4n) is 4.21. The maximum absolute atomic E-state index is 13.0. The summed E-state index contributed by atoms with van der Waals surface area (Å²) in [5, 5.41) is 0. The smallest absolute Gasteiger partial charge is 0.339 e. The zero-order valence-electron chi connectivity index (χ0n) is 15.9. The number of hydrogen-bond acceptors (Lipinski definition) is 6. The summed E-state index contributed by atoms with van der Waals surface area (Å²) < 4.78 is 16.2. The van der Waals surface area contributed by atoms with Crippen molar-refractivity contribution in [3.63, 3.8) is 0 Å². The Bertz CT molecular complexity index is 779. The molecule has 3 aliphatic heterocycles. The van der Waals surface area contributed by atoms with E-state index in [4.69, 9.17) is 14.2 Å². The van der Waals surface area contributed by atoms with Crippen molar-refractivity contribution < 1.29 is 28.6 Å². The highest BCUT2D eigenvalue weighted by Crippen LogP contribution is 2.34. The second-order valence-electron chi connectivity index (χ2n) is 7.35. The van der Waals surface area contributed by atoms with Gasteiger partial charge in [-0.3, -0.25) is 9.59 Å². The van der Waals surface area contributed by atoms with Gasteiger partial charge < -0.3 is 24.0 Å². The Morgan fingerprint density at radius 2 is 1.82 bits per heavy atom. The van der Waals surface area contributed by atoms with E-state index in [1.807, 2.05) is 0 Å². The minimum Gasteiger partial charge on any atom is -0.465 e. The van der Waals surface area contributed by atoms with Crippen LogP contribution in [0.25, 0.3) is 0 Å². The van der Waals surface area contributed by atoms with Crippen molar-refractivity contribution in [2.45, 2.75) is 25.0 Å². The Morgan fingerprint density at radius 1 is 1.14 bits per heavy atom. The number of likely N-dealkylation sites (tertiary alicyclic amines) is 1. The van der Waals surface area contributed by atoms with E-state index in [0.717, 1.165) is 0 Å². The molecule has 2 amide bonds. The summed E-state index contributed by atoms with van der Waals surface area (Å²) >= 11 is 0. The molecule has 4 rings (SSSR count). The topological polar surface area (TPSA) is 85.4 Å². The first-order valence-electron chi connectivity index (χ1n) is 9.57. The van der Waals surface area contributed by atoms with Gasteiger partial charge in [0.05, 0.1) is 37.5 Å². The Morgan fingerprint density at radius 3 is 2.50 bits per heavy atom. The summed E-state index contributed by atoms with van der Waals surface area (Å²) in [5.74, 6) is -1.65. The molecule has 0 radical (unpaired) electrons. The number of nitrogens with zero attached hydrogens (tertiary/aromatic N) is 2. The number of benzene rings is 1. The largest absolute Gasteiger partial charge is 0.465 e. The maximum atomic E-state index is 13.0. The van der Waals surface area contributed by atoms with Crippen molar-refractivity contribution in [2.75, 3.05) is 44.9 Å².